The summed E-state index contributed by atoms with van der Waals surface area (Å²) >= 11 is 0. The molecule has 5 heteroatoms. The number of aromatic nitrogens is 2. The van der Waals surface area contributed by atoms with Gasteiger partial charge in [0, 0.05) is 42.8 Å². The van der Waals surface area contributed by atoms with Gasteiger partial charge in [-0.05, 0) is 31.0 Å². The third kappa shape index (κ3) is 2.52. The Labute approximate surface area is 118 Å². The average Bonchev–Trinajstić information content (AvgIpc) is 3.01. The molecule has 1 fully saturated rings. The van der Waals surface area contributed by atoms with Gasteiger partial charge in [0.2, 0.25) is 0 Å². The molecule has 1 aliphatic heterocycles. The molecule has 0 radical (unpaired) electrons. The SMILES string of the molecule is Nc1cccc(C(=O)N2CCC(n3ccnc3)CC2)c1. The Morgan fingerprint density at radius 1 is 1.30 bits per heavy atom. The molecule has 2 N–H and O–H groups in total. The van der Waals surface area contributed by atoms with E-state index in [4.69, 9.17) is 5.73 Å². The zero-order chi connectivity index (χ0) is 13.9. The molecule has 104 valence electrons. The topological polar surface area (TPSA) is 64.2 Å². The highest BCUT2D eigenvalue weighted by molar-refractivity contribution is 5.95. The van der Waals surface area contributed by atoms with E-state index in [1.807, 2.05) is 29.6 Å². The maximum atomic E-state index is 12.4. The average molecular weight is 270 g/mol. The van der Waals surface area contributed by atoms with E-state index in [-0.39, 0.29) is 5.91 Å². The van der Waals surface area contributed by atoms with Crippen LogP contribution in [-0.4, -0.2) is 33.4 Å². The van der Waals surface area contributed by atoms with E-state index >= 15 is 0 Å². The number of hydrogen-bond donors (Lipinski definition) is 1. The van der Waals surface area contributed by atoms with E-state index in [9.17, 15) is 4.79 Å². The molecule has 0 spiro atoms. The number of carbonyl (C=O) groups is 1. The maximum Gasteiger partial charge on any atom is 0.253 e. The van der Waals surface area contributed by atoms with Crippen LogP contribution < -0.4 is 5.73 Å². The second kappa shape index (κ2) is 5.36. The molecule has 1 aromatic heterocycles. The van der Waals surface area contributed by atoms with Crippen LogP contribution in [0.5, 0.6) is 0 Å². The standard InChI is InChI=1S/C15H18N4O/c16-13-3-1-2-12(10-13)15(20)18-7-4-14(5-8-18)19-9-6-17-11-19/h1-3,6,9-11,14H,4-5,7-8,16H2. The van der Waals surface area contributed by atoms with Crippen molar-refractivity contribution in [2.75, 3.05) is 18.8 Å². The Kier molecular flexibility index (Phi) is 3.41. The van der Waals surface area contributed by atoms with E-state index in [0.717, 1.165) is 25.9 Å². The molecule has 1 amide bonds. The third-order valence-corrected chi connectivity index (χ3v) is 3.83. The summed E-state index contributed by atoms with van der Waals surface area (Å²) in [6.07, 6.45) is 7.55. The maximum absolute atomic E-state index is 12.4. The highest BCUT2D eigenvalue weighted by Gasteiger charge is 2.24. The fourth-order valence-electron chi connectivity index (χ4n) is 2.71. The van der Waals surface area contributed by atoms with Crippen LogP contribution in [-0.2, 0) is 0 Å². The van der Waals surface area contributed by atoms with Crippen molar-refractivity contribution in [1.82, 2.24) is 14.5 Å². The predicted molar refractivity (Wildman–Crippen MR) is 77.3 cm³/mol. The normalized spacial score (nSPS) is 16.3. The van der Waals surface area contributed by atoms with Gasteiger partial charge in [0.25, 0.3) is 5.91 Å². The summed E-state index contributed by atoms with van der Waals surface area (Å²) in [6, 6.07) is 7.62. The number of hydrogen-bond acceptors (Lipinski definition) is 3. The van der Waals surface area contributed by atoms with Gasteiger partial charge in [-0.2, -0.15) is 0 Å². The summed E-state index contributed by atoms with van der Waals surface area (Å²) < 4.78 is 2.13. The van der Waals surface area contributed by atoms with Gasteiger partial charge in [-0.3, -0.25) is 4.79 Å². The van der Waals surface area contributed by atoms with Gasteiger partial charge in [-0.15, -0.1) is 0 Å². The minimum absolute atomic E-state index is 0.0707. The van der Waals surface area contributed by atoms with Gasteiger partial charge < -0.3 is 15.2 Å². The molecule has 0 saturated carbocycles. The van der Waals surface area contributed by atoms with E-state index in [2.05, 4.69) is 9.55 Å². The molecule has 0 bridgehead atoms. The lowest BCUT2D eigenvalue weighted by molar-refractivity contribution is 0.0694. The van der Waals surface area contributed by atoms with Gasteiger partial charge in [0.05, 0.1) is 6.33 Å². The van der Waals surface area contributed by atoms with Gasteiger partial charge in [0.1, 0.15) is 0 Å². The lowest BCUT2D eigenvalue weighted by Crippen LogP contribution is -2.38. The van der Waals surface area contributed by atoms with E-state index < -0.39 is 0 Å². The van der Waals surface area contributed by atoms with E-state index in [0.29, 0.717) is 17.3 Å². The van der Waals surface area contributed by atoms with Crippen LogP contribution in [0.3, 0.4) is 0 Å². The van der Waals surface area contributed by atoms with Gasteiger partial charge in [-0.25, -0.2) is 4.98 Å². The molecule has 0 atom stereocenters. The summed E-state index contributed by atoms with van der Waals surface area (Å²) in [5.74, 6) is 0.0707. The Morgan fingerprint density at radius 2 is 2.10 bits per heavy atom. The van der Waals surface area contributed by atoms with Crippen molar-refractivity contribution in [3.63, 3.8) is 0 Å². The lowest BCUT2D eigenvalue weighted by Gasteiger charge is -2.32. The quantitative estimate of drug-likeness (QED) is 0.848. The summed E-state index contributed by atoms with van der Waals surface area (Å²) in [5.41, 5.74) is 7.03. The number of carbonyl (C=O) groups excluding carboxylic acids is 1. The number of imidazole rings is 1. The van der Waals surface area contributed by atoms with Crippen LogP contribution in [0.4, 0.5) is 5.69 Å². The van der Waals surface area contributed by atoms with Crippen molar-refractivity contribution < 1.29 is 4.79 Å². The van der Waals surface area contributed by atoms with Crippen molar-refractivity contribution in [3.05, 3.63) is 48.5 Å². The second-order valence-corrected chi connectivity index (χ2v) is 5.16. The molecule has 1 saturated heterocycles. The monoisotopic (exact) mass is 270 g/mol. The van der Waals surface area contributed by atoms with E-state index in [1.54, 1.807) is 18.3 Å². The molecule has 0 aliphatic carbocycles. The fraction of sp³-hybridized carbons (Fsp3) is 0.333. The summed E-state index contributed by atoms with van der Waals surface area (Å²) in [5, 5.41) is 0. The number of benzene rings is 1. The highest BCUT2D eigenvalue weighted by atomic mass is 16.2. The molecular weight excluding hydrogens is 252 g/mol. The Morgan fingerprint density at radius 3 is 2.75 bits per heavy atom. The van der Waals surface area contributed by atoms with E-state index in [1.165, 1.54) is 0 Å². The molecule has 0 unspecified atom stereocenters. The Bertz CT molecular complexity index is 586. The van der Waals surface area contributed by atoms with Crippen LogP contribution in [0, 0.1) is 0 Å². The number of rotatable bonds is 2. The first-order chi connectivity index (χ1) is 9.74. The molecule has 1 aromatic carbocycles. The minimum atomic E-state index is 0.0707. The molecule has 20 heavy (non-hydrogen) atoms. The number of piperidine rings is 1. The minimum Gasteiger partial charge on any atom is -0.399 e. The van der Waals surface area contributed by atoms with Crippen molar-refractivity contribution in [1.29, 1.82) is 0 Å². The van der Waals surface area contributed by atoms with Gasteiger partial charge in [0.15, 0.2) is 0 Å². The van der Waals surface area contributed by atoms with Crippen LogP contribution in [0.25, 0.3) is 0 Å². The number of nitrogens with zero attached hydrogens (tertiary/aromatic N) is 3. The molecular formula is C15H18N4O. The van der Waals surface area contributed by atoms with Gasteiger partial charge in [-0.1, -0.05) is 6.07 Å². The number of anilines is 1. The molecule has 3 rings (SSSR count). The van der Waals surface area contributed by atoms with Crippen molar-refractivity contribution in [2.45, 2.75) is 18.9 Å². The smallest absolute Gasteiger partial charge is 0.253 e. The summed E-state index contributed by atoms with van der Waals surface area (Å²) in [4.78, 5) is 18.4. The first-order valence-corrected chi connectivity index (χ1v) is 6.86. The lowest BCUT2D eigenvalue weighted by atomic mass is 10.0. The number of likely N-dealkylation sites (tertiary alicyclic amines) is 1. The van der Waals surface area contributed by atoms with Gasteiger partial charge >= 0.3 is 0 Å². The Balaban J connectivity index is 1.65. The predicted octanol–water partition coefficient (Wildman–Crippen LogP) is 1.94. The molecule has 1 aliphatic rings. The zero-order valence-electron chi connectivity index (χ0n) is 11.3. The van der Waals surface area contributed by atoms with Crippen molar-refractivity contribution in [2.24, 2.45) is 0 Å². The summed E-state index contributed by atoms with van der Waals surface area (Å²) in [7, 11) is 0. The molecule has 2 aromatic rings. The first kappa shape index (κ1) is 12.7. The molecule has 5 nitrogen and oxygen atoms in total. The number of nitrogen functional groups attached to an aromatic ring is 1. The Hall–Kier alpha value is -2.30. The fourth-order valence-corrected chi connectivity index (χ4v) is 2.71. The summed E-state index contributed by atoms with van der Waals surface area (Å²) in [6.45, 7) is 1.55. The van der Waals surface area contributed by atoms with Crippen molar-refractivity contribution >= 4 is 11.6 Å². The largest absolute Gasteiger partial charge is 0.399 e. The number of amides is 1. The third-order valence-electron chi connectivity index (χ3n) is 3.83. The number of nitrogens with two attached hydrogens (primary N) is 1. The van der Waals surface area contributed by atoms with Crippen LogP contribution in [0.1, 0.15) is 29.2 Å². The zero-order valence-corrected chi connectivity index (χ0v) is 11.3. The van der Waals surface area contributed by atoms with Crippen LogP contribution >= 0.6 is 0 Å². The van der Waals surface area contributed by atoms with Crippen LogP contribution in [0.2, 0.25) is 0 Å². The molecule has 2 heterocycles. The highest BCUT2D eigenvalue weighted by Crippen LogP contribution is 2.23. The first-order valence-electron chi connectivity index (χ1n) is 6.86. The van der Waals surface area contributed by atoms with Crippen LogP contribution in [0.15, 0.2) is 43.0 Å². The van der Waals surface area contributed by atoms with Crippen molar-refractivity contribution in [3.8, 4) is 0 Å². The second-order valence-electron chi connectivity index (χ2n) is 5.16.